The van der Waals surface area contributed by atoms with Gasteiger partial charge in [-0.15, -0.1) is 0 Å². The largest absolute Gasteiger partial charge is 0.394 e. The summed E-state index contributed by atoms with van der Waals surface area (Å²) in [7, 11) is 0. The summed E-state index contributed by atoms with van der Waals surface area (Å²) in [5.74, 6) is 0. The first kappa shape index (κ1) is 22.8. The lowest BCUT2D eigenvalue weighted by Crippen LogP contribution is -2.64. The number of rotatable bonds is 8. The molecule has 0 radical (unpaired) electrons. The Kier molecular flexibility index (Phi) is 8.77. The van der Waals surface area contributed by atoms with E-state index in [-0.39, 0.29) is 0 Å². The van der Waals surface area contributed by atoms with Crippen molar-refractivity contribution in [3.05, 3.63) is 0 Å². The van der Waals surface area contributed by atoms with Crippen LogP contribution in [0.5, 0.6) is 0 Å². The first-order chi connectivity index (χ1) is 12.8. The molecule has 0 aromatic heterocycles. The van der Waals surface area contributed by atoms with E-state index in [1.165, 1.54) is 0 Å². The lowest BCUT2D eigenvalue weighted by atomic mass is 9.97. The Labute approximate surface area is 156 Å². The topological polar surface area (TPSA) is 179 Å². The molecular formula is C16H30O11. The van der Waals surface area contributed by atoms with Gasteiger partial charge in [0.1, 0.15) is 48.8 Å². The van der Waals surface area contributed by atoms with Gasteiger partial charge >= 0.3 is 0 Å². The molecule has 0 aromatic carbocycles. The van der Waals surface area contributed by atoms with Crippen molar-refractivity contribution in [2.24, 2.45) is 0 Å². The minimum atomic E-state index is -1.69. The Morgan fingerprint density at radius 1 is 0.741 bits per heavy atom. The lowest BCUT2D eigenvalue weighted by molar-refractivity contribution is -0.359. The van der Waals surface area contributed by atoms with Gasteiger partial charge in [0.15, 0.2) is 12.6 Å². The summed E-state index contributed by atoms with van der Waals surface area (Å²) in [6.45, 7) is 1.02. The van der Waals surface area contributed by atoms with Gasteiger partial charge in [-0.2, -0.15) is 0 Å². The number of aliphatic hydroxyl groups is 7. The molecule has 0 bridgehead atoms. The molecule has 0 unspecified atom stereocenters. The lowest BCUT2D eigenvalue weighted by Gasteiger charge is -2.45. The molecule has 0 amide bonds. The van der Waals surface area contributed by atoms with Crippen LogP contribution in [0.15, 0.2) is 0 Å². The van der Waals surface area contributed by atoms with Crippen molar-refractivity contribution < 1.29 is 54.7 Å². The van der Waals surface area contributed by atoms with E-state index in [4.69, 9.17) is 18.9 Å². The fourth-order valence-electron chi connectivity index (χ4n) is 3.04. The first-order valence-corrected chi connectivity index (χ1v) is 9.05. The summed E-state index contributed by atoms with van der Waals surface area (Å²) < 4.78 is 21.5. The Morgan fingerprint density at radius 3 is 1.93 bits per heavy atom. The average Bonchev–Trinajstić information content (AvgIpc) is 2.67. The molecule has 0 aliphatic carbocycles. The van der Waals surface area contributed by atoms with Crippen molar-refractivity contribution in [2.75, 3.05) is 19.8 Å². The van der Waals surface area contributed by atoms with Crippen LogP contribution in [0.4, 0.5) is 0 Å². The van der Waals surface area contributed by atoms with Crippen molar-refractivity contribution in [1.29, 1.82) is 0 Å². The van der Waals surface area contributed by atoms with Crippen LogP contribution < -0.4 is 0 Å². The number of unbranched alkanes of at least 4 members (excludes halogenated alkanes) is 1. The zero-order valence-corrected chi connectivity index (χ0v) is 15.1. The number of ether oxygens (including phenoxy) is 4. The Morgan fingerprint density at radius 2 is 1.33 bits per heavy atom. The predicted molar refractivity (Wildman–Crippen MR) is 87.3 cm³/mol. The molecule has 2 aliphatic heterocycles. The highest BCUT2D eigenvalue weighted by atomic mass is 16.7. The second kappa shape index (κ2) is 10.4. The van der Waals surface area contributed by atoms with Crippen molar-refractivity contribution >= 4 is 0 Å². The van der Waals surface area contributed by atoms with E-state index < -0.39 is 74.6 Å². The van der Waals surface area contributed by atoms with Crippen LogP contribution in [0.2, 0.25) is 0 Å². The van der Waals surface area contributed by atoms with Crippen LogP contribution in [0, 0.1) is 0 Å². The maximum atomic E-state index is 10.4. The molecule has 10 atom stereocenters. The van der Waals surface area contributed by atoms with Gasteiger partial charge in [0.05, 0.1) is 13.2 Å². The third kappa shape index (κ3) is 5.14. The normalized spacial score (nSPS) is 45.8. The van der Waals surface area contributed by atoms with Gasteiger partial charge in [0.2, 0.25) is 0 Å². The van der Waals surface area contributed by atoms with E-state index >= 15 is 0 Å². The third-order valence-corrected chi connectivity index (χ3v) is 4.74. The van der Waals surface area contributed by atoms with Crippen molar-refractivity contribution in [3.63, 3.8) is 0 Å². The Hall–Kier alpha value is -0.440. The van der Waals surface area contributed by atoms with Crippen LogP contribution in [0.1, 0.15) is 19.8 Å². The summed E-state index contributed by atoms with van der Waals surface area (Å²) in [5, 5.41) is 69.0. The second-order valence-electron chi connectivity index (χ2n) is 6.73. The van der Waals surface area contributed by atoms with Gasteiger partial charge in [-0.3, -0.25) is 0 Å². The standard InChI is InChI=1S/C16H30O11/c1-2-3-4-24-15-13(23)11(21)14(8(6-18)26-15)27-16-12(22)10(20)9(19)7(5-17)25-16/h7-23H,2-6H2,1H3/t7-,8+,9+,10-,11+,12-,13+,14+,15+,16+/m0/s1. The fourth-order valence-corrected chi connectivity index (χ4v) is 3.04. The zero-order valence-electron chi connectivity index (χ0n) is 15.1. The SMILES string of the molecule is CCCCO[C@@H]1O[C@H](CO)[C@@H](O[C@H]2O[C@@H](CO)[C@@H](O)[C@H](O)[C@@H]2O)[C@H](O)[C@H]1O. The first-order valence-electron chi connectivity index (χ1n) is 9.05. The van der Waals surface area contributed by atoms with Crippen LogP contribution >= 0.6 is 0 Å². The van der Waals surface area contributed by atoms with Gasteiger partial charge < -0.3 is 54.7 Å². The highest BCUT2D eigenvalue weighted by Crippen LogP contribution is 2.29. The summed E-state index contributed by atoms with van der Waals surface area (Å²) in [5.41, 5.74) is 0. The highest BCUT2D eigenvalue weighted by molar-refractivity contribution is 4.94. The number of hydrogen-bond donors (Lipinski definition) is 7. The van der Waals surface area contributed by atoms with E-state index in [2.05, 4.69) is 0 Å². The van der Waals surface area contributed by atoms with Gasteiger partial charge in [0.25, 0.3) is 0 Å². The number of aliphatic hydroxyl groups excluding tert-OH is 7. The predicted octanol–water partition coefficient (Wildman–Crippen LogP) is -3.57. The summed E-state index contributed by atoms with van der Waals surface area (Å²) in [4.78, 5) is 0. The van der Waals surface area contributed by atoms with Crippen LogP contribution in [0.3, 0.4) is 0 Å². The Balaban J connectivity index is 2.06. The molecule has 27 heavy (non-hydrogen) atoms. The molecule has 0 saturated carbocycles. The van der Waals surface area contributed by atoms with Gasteiger partial charge in [-0.1, -0.05) is 13.3 Å². The monoisotopic (exact) mass is 398 g/mol. The van der Waals surface area contributed by atoms with E-state index in [1.54, 1.807) is 0 Å². The van der Waals surface area contributed by atoms with Crippen molar-refractivity contribution in [2.45, 2.75) is 81.2 Å². The van der Waals surface area contributed by atoms with Crippen molar-refractivity contribution in [3.8, 4) is 0 Å². The summed E-state index contributed by atoms with van der Waals surface area (Å²) in [6.07, 6.45) is -12.7. The molecular weight excluding hydrogens is 368 g/mol. The van der Waals surface area contributed by atoms with Crippen LogP contribution in [-0.2, 0) is 18.9 Å². The van der Waals surface area contributed by atoms with E-state index in [0.29, 0.717) is 6.61 Å². The number of hydrogen-bond acceptors (Lipinski definition) is 11. The molecule has 2 heterocycles. The van der Waals surface area contributed by atoms with Gasteiger partial charge in [-0.25, -0.2) is 0 Å². The van der Waals surface area contributed by atoms with Crippen molar-refractivity contribution in [1.82, 2.24) is 0 Å². The molecule has 11 nitrogen and oxygen atoms in total. The molecule has 2 rings (SSSR count). The summed E-state index contributed by atoms with van der Waals surface area (Å²) >= 11 is 0. The molecule has 0 spiro atoms. The molecule has 0 aromatic rings. The maximum absolute atomic E-state index is 10.4. The quantitative estimate of drug-likeness (QED) is 0.201. The molecule has 160 valence electrons. The average molecular weight is 398 g/mol. The van der Waals surface area contributed by atoms with Crippen LogP contribution in [-0.4, -0.2) is 117 Å². The van der Waals surface area contributed by atoms with E-state index in [1.807, 2.05) is 6.92 Å². The van der Waals surface area contributed by atoms with E-state index in [9.17, 15) is 35.7 Å². The minimum absolute atomic E-state index is 0.293. The van der Waals surface area contributed by atoms with E-state index in [0.717, 1.165) is 12.8 Å². The highest BCUT2D eigenvalue weighted by Gasteiger charge is 2.50. The van der Waals surface area contributed by atoms with Crippen LogP contribution in [0.25, 0.3) is 0 Å². The molecule has 2 fully saturated rings. The summed E-state index contributed by atoms with van der Waals surface area (Å²) in [6, 6.07) is 0. The Bertz CT molecular complexity index is 435. The molecule has 7 N–H and O–H groups in total. The minimum Gasteiger partial charge on any atom is -0.394 e. The fraction of sp³-hybridized carbons (Fsp3) is 1.00. The second-order valence-corrected chi connectivity index (χ2v) is 6.73. The van der Waals surface area contributed by atoms with Gasteiger partial charge in [-0.05, 0) is 6.42 Å². The molecule has 11 heteroatoms. The van der Waals surface area contributed by atoms with Gasteiger partial charge in [0, 0.05) is 6.61 Å². The third-order valence-electron chi connectivity index (χ3n) is 4.74. The smallest absolute Gasteiger partial charge is 0.187 e. The molecule has 2 saturated heterocycles. The maximum Gasteiger partial charge on any atom is 0.187 e. The molecule has 2 aliphatic rings. The zero-order chi connectivity index (χ0) is 20.1.